The maximum atomic E-state index is 11.9. The van der Waals surface area contributed by atoms with E-state index in [0.717, 1.165) is 0 Å². The van der Waals surface area contributed by atoms with Crippen LogP contribution in [0.1, 0.15) is 19.1 Å². The maximum Gasteiger partial charge on any atom is 0.490 e. The molecule has 0 radical (unpaired) electrons. The SMILES string of the molecule is COP(=O)(O)OP(=O)(O)OP(=O)(O)OC[C@@H]1CC[C@H](n2cnc3c(=O)[nH]c(N)nc32)O1. The Labute approximate surface area is 172 Å². The highest BCUT2D eigenvalue weighted by atomic mass is 31.3. The van der Waals surface area contributed by atoms with Crippen LogP contribution in [0.5, 0.6) is 0 Å². The summed E-state index contributed by atoms with van der Waals surface area (Å²) in [5, 5.41) is 0. The van der Waals surface area contributed by atoms with Crippen LogP contribution in [0.4, 0.5) is 5.95 Å². The molecule has 0 aliphatic carbocycles. The van der Waals surface area contributed by atoms with E-state index in [4.69, 9.17) is 15.4 Å². The van der Waals surface area contributed by atoms with Crippen LogP contribution in [0.2, 0.25) is 0 Å². The Morgan fingerprint density at radius 2 is 1.90 bits per heavy atom. The first kappa shape index (κ1) is 24.2. The number of aromatic nitrogens is 4. The molecule has 2 aromatic heterocycles. The number of ether oxygens (including phenoxy) is 1. The average molecular weight is 505 g/mol. The number of nitrogens with zero attached hydrogens (tertiary/aromatic N) is 3. The Balaban J connectivity index is 1.61. The summed E-state index contributed by atoms with van der Waals surface area (Å²) < 4.78 is 58.0. The molecule has 174 valence electrons. The van der Waals surface area contributed by atoms with Gasteiger partial charge in [0.2, 0.25) is 5.95 Å². The molecular formula is C11H18N5O12P3. The maximum absolute atomic E-state index is 11.9. The lowest BCUT2D eigenvalue weighted by Crippen LogP contribution is -2.17. The zero-order chi connectivity index (χ0) is 23.0. The Kier molecular flexibility index (Phi) is 6.87. The van der Waals surface area contributed by atoms with E-state index in [0.29, 0.717) is 20.0 Å². The number of rotatable bonds is 9. The summed E-state index contributed by atoms with van der Waals surface area (Å²) in [6, 6.07) is 0. The van der Waals surface area contributed by atoms with Crippen molar-refractivity contribution < 1.29 is 50.8 Å². The van der Waals surface area contributed by atoms with E-state index in [-0.39, 0.29) is 17.1 Å². The van der Waals surface area contributed by atoms with E-state index in [1.807, 2.05) is 0 Å². The number of hydrogen-bond donors (Lipinski definition) is 5. The number of nitrogens with two attached hydrogens (primary N) is 1. The summed E-state index contributed by atoms with van der Waals surface area (Å²) in [5.41, 5.74) is 5.22. The summed E-state index contributed by atoms with van der Waals surface area (Å²) in [6.07, 6.45) is 0.621. The van der Waals surface area contributed by atoms with Crippen LogP contribution >= 0.6 is 23.5 Å². The predicted molar refractivity (Wildman–Crippen MR) is 100 cm³/mol. The second-order valence-corrected chi connectivity index (χ2v) is 10.9. The average Bonchev–Trinajstić information content (AvgIpc) is 3.24. The van der Waals surface area contributed by atoms with Crippen molar-refractivity contribution in [1.29, 1.82) is 0 Å². The fourth-order valence-corrected chi connectivity index (χ4v) is 5.96. The Morgan fingerprint density at radius 3 is 2.58 bits per heavy atom. The summed E-state index contributed by atoms with van der Waals surface area (Å²) in [6.45, 7) is -0.547. The molecule has 1 saturated heterocycles. The van der Waals surface area contributed by atoms with Gasteiger partial charge < -0.3 is 25.2 Å². The molecular weight excluding hydrogens is 487 g/mol. The quantitative estimate of drug-likeness (QED) is 0.289. The lowest BCUT2D eigenvalue weighted by molar-refractivity contribution is -0.0205. The van der Waals surface area contributed by atoms with Crippen molar-refractivity contribution in [3.8, 4) is 0 Å². The number of nitrogen functional groups attached to an aromatic ring is 1. The first-order chi connectivity index (χ1) is 14.3. The largest absolute Gasteiger partial charge is 0.490 e. The molecule has 3 unspecified atom stereocenters. The molecule has 17 nitrogen and oxygen atoms in total. The normalized spacial score (nSPS) is 25.2. The minimum Gasteiger partial charge on any atom is -0.369 e. The molecule has 3 heterocycles. The molecule has 0 saturated carbocycles. The molecule has 6 N–H and O–H groups in total. The van der Waals surface area contributed by atoms with Crippen molar-refractivity contribution in [2.24, 2.45) is 0 Å². The van der Waals surface area contributed by atoms with Crippen molar-refractivity contribution in [2.75, 3.05) is 19.5 Å². The van der Waals surface area contributed by atoms with Crippen LogP contribution in [-0.4, -0.2) is 54.0 Å². The number of imidazole rings is 1. The number of phosphoric acid groups is 3. The third kappa shape index (κ3) is 6.06. The second-order valence-electron chi connectivity index (χ2n) is 6.11. The van der Waals surface area contributed by atoms with Gasteiger partial charge in [0.1, 0.15) is 6.23 Å². The van der Waals surface area contributed by atoms with Gasteiger partial charge >= 0.3 is 23.5 Å². The van der Waals surface area contributed by atoms with E-state index in [1.165, 1.54) is 10.9 Å². The number of nitrogens with one attached hydrogen (secondary N) is 1. The van der Waals surface area contributed by atoms with E-state index in [2.05, 4.69) is 32.6 Å². The fourth-order valence-electron chi connectivity index (χ4n) is 2.68. The fraction of sp³-hybridized carbons (Fsp3) is 0.545. The number of aromatic amines is 1. The minimum absolute atomic E-state index is 0.0432. The molecule has 0 amide bonds. The second kappa shape index (κ2) is 8.81. The van der Waals surface area contributed by atoms with Crippen LogP contribution in [0.25, 0.3) is 11.2 Å². The Hall–Kier alpha value is -1.48. The van der Waals surface area contributed by atoms with Gasteiger partial charge in [0.05, 0.1) is 19.0 Å². The van der Waals surface area contributed by atoms with Crippen molar-refractivity contribution in [3.63, 3.8) is 0 Å². The van der Waals surface area contributed by atoms with Gasteiger partial charge in [-0.2, -0.15) is 13.6 Å². The Bertz CT molecular complexity index is 1160. The lowest BCUT2D eigenvalue weighted by atomic mass is 10.2. The first-order valence-electron chi connectivity index (χ1n) is 8.30. The van der Waals surface area contributed by atoms with Crippen molar-refractivity contribution in [2.45, 2.75) is 25.2 Å². The van der Waals surface area contributed by atoms with Gasteiger partial charge in [-0.25, -0.2) is 18.7 Å². The van der Waals surface area contributed by atoms with Gasteiger partial charge in [0.25, 0.3) is 5.56 Å². The molecule has 2 aromatic rings. The van der Waals surface area contributed by atoms with Gasteiger partial charge in [-0.15, -0.1) is 0 Å². The van der Waals surface area contributed by atoms with Gasteiger partial charge in [-0.1, -0.05) is 0 Å². The molecule has 1 aliphatic rings. The summed E-state index contributed by atoms with van der Waals surface area (Å²) in [7, 11) is -15.0. The summed E-state index contributed by atoms with van der Waals surface area (Å²) >= 11 is 0. The van der Waals surface area contributed by atoms with E-state index < -0.39 is 48.0 Å². The smallest absolute Gasteiger partial charge is 0.369 e. The number of H-pyrrole nitrogens is 1. The van der Waals surface area contributed by atoms with Crippen LogP contribution in [0.15, 0.2) is 11.1 Å². The van der Waals surface area contributed by atoms with Crippen LogP contribution < -0.4 is 11.3 Å². The number of hydrogen-bond acceptors (Lipinski definition) is 12. The highest BCUT2D eigenvalue weighted by Gasteiger charge is 2.42. The third-order valence-electron chi connectivity index (χ3n) is 3.91. The molecule has 5 atom stereocenters. The Morgan fingerprint density at radius 1 is 1.23 bits per heavy atom. The van der Waals surface area contributed by atoms with Crippen molar-refractivity contribution in [1.82, 2.24) is 19.5 Å². The zero-order valence-corrected chi connectivity index (χ0v) is 18.3. The molecule has 1 fully saturated rings. The zero-order valence-electron chi connectivity index (χ0n) is 15.6. The standard InChI is InChI=1S/C11H18N5O12P3/c1-24-29(18,19)27-31(22,23)28-30(20,21)25-4-6-2-3-7(26-6)16-5-13-8-9(16)14-11(12)15-10(8)17/h5-7H,2-4H2,1H3,(H,18,19)(H,20,21)(H,22,23)(H3,12,14,15,17)/t6-,7+/m0/s1. The topological polar surface area (TPSA) is 248 Å². The lowest BCUT2D eigenvalue weighted by Gasteiger charge is -2.19. The molecule has 1 aliphatic heterocycles. The molecule has 0 bridgehead atoms. The monoisotopic (exact) mass is 505 g/mol. The van der Waals surface area contributed by atoms with Crippen molar-refractivity contribution in [3.05, 3.63) is 16.7 Å². The highest BCUT2D eigenvalue weighted by Crippen LogP contribution is 2.67. The molecule has 20 heteroatoms. The molecule has 3 rings (SSSR count). The molecule has 31 heavy (non-hydrogen) atoms. The molecule has 0 aromatic carbocycles. The minimum atomic E-state index is -5.48. The number of anilines is 1. The molecule has 0 spiro atoms. The number of fused-ring (bicyclic) bond motifs is 1. The predicted octanol–water partition coefficient (Wildman–Crippen LogP) is 0.377. The van der Waals surface area contributed by atoms with Crippen LogP contribution in [0.3, 0.4) is 0 Å². The third-order valence-corrected chi connectivity index (χ3v) is 8.15. The van der Waals surface area contributed by atoms with E-state index in [9.17, 15) is 28.3 Å². The van der Waals surface area contributed by atoms with Crippen molar-refractivity contribution >= 4 is 40.6 Å². The summed E-state index contributed by atoms with van der Waals surface area (Å²) in [4.78, 5) is 50.0. The van der Waals surface area contributed by atoms with E-state index in [1.54, 1.807) is 0 Å². The van der Waals surface area contributed by atoms with Gasteiger partial charge in [-0.05, 0) is 12.8 Å². The number of phosphoric ester groups is 2. The van der Waals surface area contributed by atoms with Gasteiger partial charge in [0.15, 0.2) is 11.2 Å². The van der Waals surface area contributed by atoms with E-state index >= 15 is 0 Å². The van der Waals surface area contributed by atoms with Crippen LogP contribution in [-0.2, 0) is 36.1 Å². The highest BCUT2D eigenvalue weighted by molar-refractivity contribution is 7.66. The first-order valence-corrected chi connectivity index (χ1v) is 12.8. The van der Waals surface area contributed by atoms with Crippen LogP contribution in [0, 0.1) is 0 Å². The van der Waals surface area contributed by atoms with Gasteiger partial charge in [0, 0.05) is 7.11 Å². The van der Waals surface area contributed by atoms with Gasteiger partial charge in [-0.3, -0.25) is 23.4 Å². The summed E-state index contributed by atoms with van der Waals surface area (Å²) in [5.74, 6) is -0.118.